The molecule has 0 aliphatic carbocycles. The number of H-pyrrole nitrogens is 1. The van der Waals surface area contributed by atoms with Crippen LogP contribution in [0, 0.1) is 0 Å². The van der Waals surface area contributed by atoms with Gasteiger partial charge in [-0.2, -0.15) is 5.10 Å². The van der Waals surface area contributed by atoms with Crippen molar-refractivity contribution in [3.63, 3.8) is 0 Å². The zero-order valence-corrected chi connectivity index (χ0v) is 14.5. The molecule has 1 amide bonds. The van der Waals surface area contributed by atoms with Crippen molar-refractivity contribution >= 4 is 22.9 Å². The Morgan fingerprint density at radius 3 is 2.76 bits per heavy atom. The molecule has 2 aromatic heterocycles. The van der Waals surface area contributed by atoms with Crippen LogP contribution < -0.4 is 15.6 Å². The van der Waals surface area contributed by atoms with E-state index in [0.717, 1.165) is 16.2 Å². The van der Waals surface area contributed by atoms with Crippen molar-refractivity contribution in [3.8, 4) is 17.0 Å². The average molecular weight is 354 g/mol. The smallest absolute Gasteiger partial charge is 0.287 e. The molecule has 0 atom stereocenters. The van der Waals surface area contributed by atoms with Crippen LogP contribution in [0.4, 0.5) is 0 Å². The van der Waals surface area contributed by atoms with Crippen LogP contribution >= 0.6 is 11.3 Å². The summed E-state index contributed by atoms with van der Waals surface area (Å²) in [5.74, 6) is 0.485. The number of ether oxygens (including phenoxy) is 1. The number of thiophene rings is 1. The Bertz CT molecular complexity index is 854. The third-order valence-corrected chi connectivity index (χ3v) is 4.36. The van der Waals surface area contributed by atoms with E-state index < -0.39 is 0 Å². The number of hydrogen-bond donors (Lipinski definition) is 3. The van der Waals surface area contributed by atoms with E-state index in [0.29, 0.717) is 23.7 Å². The lowest BCUT2D eigenvalue weighted by atomic mass is 10.1. The van der Waals surface area contributed by atoms with E-state index in [1.807, 2.05) is 48.7 Å². The highest BCUT2D eigenvalue weighted by atomic mass is 32.1. The van der Waals surface area contributed by atoms with Crippen molar-refractivity contribution in [2.24, 2.45) is 0 Å². The number of benzene rings is 1. The van der Waals surface area contributed by atoms with Gasteiger partial charge >= 0.3 is 0 Å². The van der Waals surface area contributed by atoms with Gasteiger partial charge in [0.1, 0.15) is 11.4 Å². The molecule has 3 N–H and O–H groups in total. The van der Waals surface area contributed by atoms with E-state index >= 15 is 0 Å². The number of amides is 1. The molecule has 0 bridgehead atoms. The molecule has 0 spiro atoms. The molecule has 0 saturated heterocycles. The minimum atomic E-state index is -0.317. The summed E-state index contributed by atoms with van der Waals surface area (Å²) in [6, 6.07) is 13.1. The molecular formula is C18H18N4O2S. The standard InChI is InChI=1S/C18H18N4O2S/c1-3-24-14-8-6-13(7-9-14)15-11-16(21-20-15)18(23)22-19-12(2)17-5-4-10-25-17/h4-11,19H,2-3H2,1H3,(H,20,21)(H,22,23). The van der Waals surface area contributed by atoms with Crippen LogP contribution in [0.1, 0.15) is 22.3 Å². The first-order valence-corrected chi connectivity index (χ1v) is 8.63. The van der Waals surface area contributed by atoms with Gasteiger partial charge in [0.05, 0.1) is 22.9 Å². The van der Waals surface area contributed by atoms with Gasteiger partial charge in [-0.05, 0) is 48.7 Å². The van der Waals surface area contributed by atoms with E-state index in [1.54, 1.807) is 17.4 Å². The van der Waals surface area contributed by atoms with Crippen molar-refractivity contribution in [3.05, 3.63) is 65.0 Å². The van der Waals surface area contributed by atoms with Crippen molar-refractivity contribution in [2.45, 2.75) is 6.92 Å². The van der Waals surface area contributed by atoms with Crippen LogP contribution in [-0.2, 0) is 0 Å². The van der Waals surface area contributed by atoms with Crippen molar-refractivity contribution in [1.29, 1.82) is 0 Å². The fourth-order valence-corrected chi connectivity index (χ4v) is 2.84. The summed E-state index contributed by atoms with van der Waals surface area (Å²) in [6.45, 7) is 6.44. The zero-order chi connectivity index (χ0) is 17.6. The Labute approximate surface area is 149 Å². The first-order chi connectivity index (χ1) is 12.2. The lowest BCUT2D eigenvalue weighted by Crippen LogP contribution is -2.35. The molecule has 3 aromatic rings. The Morgan fingerprint density at radius 2 is 2.08 bits per heavy atom. The molecule has 0 radical (unpaired) electrons. The third-order valence-electron chi connectivity index (χ3n) is 3.43. The highest BCUT2D eigenvalue weighted by Gasteiger charge is 2.11. The number of aromatic nitrogens is 2. The van der Waals surface area contributed by atoms with Gasteiger partial charge in [0.15, 0.2) is 0 Å². The summed E-state index contributed by atoms with van der Waals surface area (Å²) in [7, 11) is 0. The molecule has 0 aliphatic rings. The first-order valence-electron chi connectivity index (χ1n) is 7.75. The number of hydrazine groups is 1. The number of nitrogens with zero attached hydrogens (tertiary/aromatic N) is 1. The fourth-order valence-electron chi connectivity index (χ4n) is 2.19. The van der Waals surface area contributed by atoms with Crippen LogP contribution in [0.15, 0.2) is 54.4 Å². The van der Waals surface area contributed by atoms with E-state index in [2.05, 4.69) is 27.6 Å². The minimum Gasteiger partial charge on any atom is -0.494 e. The Balaban J connectivity index is 1.62. The third kappa shape index (κ3) is 4.07. The van der Waals surface area contributed by atoms with Crippen LogP contribution in [0.3, 0.4) is 0 Å². The minimum absolute atomic E-state index is 0.317. The maximum atomic E-state index is 12.2. The molecular weight excluding hydrogens is 336 g/mol. The number of carbonyl (C=O) groups is 1. The molecule has 6 nitrogen and oxygen atoms in total. The van der Waals surface area contributed by atoms with Gasteiger partial charge in [0.2, 0.25) is 0 Å². The average Bonchev–Trinajstić information content (AvgIpc) is 3.32. The van der Waals surface area contributed by atoms with Gasteiger partial charge in [-0.25, -0.2) is 0 Å². The second-order valence-electron chi connectivity index (χ2n) is 5.16. The summed E-state index contributed by atoms with van der Waals surface area (Å²) in [5, 5.41) is 8.87. The first kappa shape index (κ1) is 16.8. The number of hydrogen-bond acceptors (Lipinski definition) is 5. The summed E-state index contributed by atoms with van der Waals surface area (Å²) < 4.78 is 5.42. The number of rotatable bonds is 7. The van der Waals surface area contributed by atoms with Gasteiger partial charge in [-0.15, -0.1) is 11.3 Å². The zero-order valence-electron chi connectivity index (χ0n) is 13.7. The SMILES string of the molecule is C=C(NNC(=O)c1cc(-c2ccc(OCC)cc2)n[nH]1)c1cccs1. The monoisotopic (exact) mass is 354 g/mol. The van der Waals surface area contributed by atoms with Gasteiger partial charge in [-0.1, -0.05) is 12.6 Å². The molecule has 128 valence electrons. The van der Waals surface area contributed by atoms with E-state index in [4.69, 9.17) is 4.74 Å². The largest absolute Gasteiger partial charge is 0.494 e. The quantitative estimate of drug-likeness (QED) is 0.568. The molecule has 0 fully saturated rings. The molecule has 7 heteroatoms. The lowest BCUT2D eigenvalue weighted by Gasteiger charge is -2.08. The maximum Gasteiger partial charge on any atom is 0.287 e. The van der Waals surface area contributed by atoms with Crippen molar-refractivity contribution in [1.82, 2.24) is 21.0 Å². The van der Waals surface area contributed by atoms with Gasteiger partial charge in [0, 0.05) is 5.56 Å². The molecule has 25 heavy (non-hydrogen) atoms. The summed E-state index contributed by atoms with van der Waals surface area (Å²) in [6.07, 6.45) is 0. The predicted molar refractivity (Wildman–Crippen MR) is 99.1 cm³/mol. The van der Waals surface area contributed by atoms with Crippen molar-refractivity contribution in [2.75, 3.05) is 6.61 Å². The van der Waals surface area contributed by atoms with Gasteiger partial charge < -0.3 is 4.74 Å². The van der Waals surface area contributed by atoms with E-state index in [9.17, 15) is 4.79 Å². The lowest BCUT2D eigenvalue weighted by molar-refractivity contribution is 0.0937. The number of nitrogens with one attached hydrogen (secondary N) is 3. The van der Waals surface area contributed by atoms with E-state index in [1.165, 1.54) is 0 Å². The van der Waals surface area contributed by atoms with E-state index in [-0.39, 0.29) is 5.91 Å². The summed E-state index contributed by atoms with van der Waals surface area (Å²) in [5.41, 5.74) is 7.98. The van der Waals surface area contributed by atoms with Gasteiger partial charge in [0.25, 0.3) is 5.91 Å². The van der Waals surface area contributed by atoms with Crippen LogP contribution in [-0.4, -0.2) is 22.7 Å². The second kappa shape index (κ2) is 7.67. The number of aromatic amines is 1. The topological polar surface area (TPSA) is 79.0 Å². The fraction of sp³-hybridized carbons (Fsp3) is 0.111. The van der Waals surface area contributed by atoms with Crippen molar-refractivity contribution < 1.29 is 9.53 Å². The summed E-state index contributed by atoms with van der Waals surface area (Å²) in [4.78, 5) is 13.2. The Morgan fingerprint density at radius 1 is 1.28 bits per heavy atom. The molecule has 0 unspecified atom stereocenters. The summed E-state index contributed by atoms with van der Waals surface area (Å²) >= 11 is 1.54. The molecule has 0 aliphatic heterocycles. The molecule has 0 saturated carbocycles. The predicted octanol–water partition coefficient (Wildman–Crippen LogP) is 3.44. The van der Waals surface area contributed by atoms with Crippen LogP contribution in [0.25, 0.3) is 17.0 Å². The Hall–Kier alpha value is -3.06. The maximum absolute atomic E-state index is 12.2. The normalized spacial score (nSPS) is 10.3. The second-order valence-corrected chi connectivity index (χ2v) is 6.11. The molecule has 1 aromatic carbocycles. The number of carbonyl (C=O) groups excluding carboxylic acids is 1. The molecule has 3 rings (SSSR count). The highest BCUT2D eigenvalue weighted by Crippen LogP contribution is 2.21. The highest BCUT2D eigenvalue weighted by molar-refractivity contribution is 7.11. The Kier molecular flexibility index (Phi) is 5.15. The van der Waals surface area contributed by atoms with Gasteiger partial charge in [-0.3, -0.25) is 20.7 Å². The molecule has 2 heterocycles. The van der Waals surface area contributed by atoms with Crippen LogP contribution in [0.5, 0.6) is 5.75 Å². The van der Waals surface area contributed by atoms with Crippen LogP contribution in [0.2, 0.25) is 0 Å².